The van der Waals surface area contributed by atoms with Crippen LogP contribution in [0.4, 0.5) is 0 Å². The van der Waals surface area contributed by atoms with Gasteiger partial charge < -0.3 is 0 Å². The van der Waals surface area contributed by atoms with Crippen molar-refractivity contribution in [2.75, 3.05) is 11.5 Å². The molecule has 2 nitrogen and oxygen atoms in total. The summed E-state index contributed by atoms with van der Waals surface area (Å²) in [7, 11) is 0. The number of hydrogen-bond donors (Lipinski definition) is 2. The minimum absolute atomic E-state index is 0.330. The predicted octanol–water partition coefficient (Wildman–Crippen LogP) is 1.62. The molecule has 0 spiro atoms. The van der Waals surface area contributed by atoms with Gasteiger partial charge in [-0.3, -0.25) is 11.3 Å². The molecule has 0 heterocycles. The fraction of sp³-hybridized carbons (Fsp3) is 0.800. The third-order valence-corrected chi connectivity index (χ3v) is 3.07. The second-order valence-corrected chi connectivity index (χ2v) is 4.50. The molecule has 0 aromatic heterocycles. The molecule has 0 rings (SSSR count). The Balaban J connectivity index is 3.51. The minimum Gasteiger partial charge on any atom is -0.271 e. The third-order valence-electron chi connectivity index (χ3n) is 1.53. The van der Waals surface area contributed by atoms with Gasteiger partial charge in [0, 0.05) is 18.2 Å². The molecule has 1 unspecified atom stereocenters. The van der Waals surface area contributed by atoms with Crippen LogP contribution in [0.15, 0.2) is 0 Å². The first kappa shape index (κ1) is 12.8. The highest BCUT2D eigenvalue weighted by molar-refractivity contribution is 7.99. The van der Waals surface area contributed by atoms with Crippen molar-refractivity contribution in [3.8, 4) is 11.8 Å². The van der Waals surface area contributed by atoms with Crippen LogP contribution in [-0.2, 0) is 0 Å². The summed E-state index contributed by atoms with van der Waals surface area (Å²) in [6, 6.07) is 0.330. The van der Waals surface area contributed by atoms with E-state index in [-0.39, 0.29) is 0 Å². The Morgan fingerprint density at radius 3 is 2.54 bits per heavy atom. The number of nitrogens with two attached hydrogens (primary N) is 1. The molecule has 0 aliphatic heterocycles. The zero-order chi connectivity index (χ0) is 10.1. The van der Waals surface area contributed by atoms with E-state index in [1.54, 1.807) is 0 Å². The number of hydrazine groups is 1. The summed E-state index contributed by atoms with van der Waals surface area (Å²) in [4.78, 5) is 0. The van der Waals surface area contributed by atoms with Crippen LogP contribution in [0, 0.1) is 17.8 Å². The van der Waals surface area contributed by atoms with Crippen molar-refractivity contribution in [1.29, 1.82) is 0 Å². The van der Waals surface area contributed by atoms with Gasteiger partial charge in [0.15, 0.2) is 0 Å². The molecule has 76 valence electrons. The van der Waals surface area contributed by atoms with Gasteiger partial charge in [-0.25, -0.2) is 0 Å². The van der Waals surface area contributed by atoms with E-state index in [4.69, 9.17) is 5.84 Å². The van der Waals surface area contributed by atoms with Crippen molar-refractivity contribution < 1.29 is 0 Å². The molecule has 13 heavy (non-hydrogen) atoms. The summed E-state index contributed by atoms with van der Waals surface area (Å²) in [6.45, 7) is 6.31. The third kappa shape index (κ3) is 8.17. The fourth-order valence-electron chi connectivity index (χ4n) is 0.837. The summed E-state index contributed by atoms with van der Waals surface area (Å²) < 4.78 is 0. The first-order valence-electron chi connectivity index (χ1n) is 4.64. The van der Waals surface area contributed by atoms with Gasteiger partial charge in [0.05, 0.1) is 0 Å². The second-order valence-electron chi connectivity index (χ2n) is 3.43. The van der Waals surface area contributed by atoms with Crippen molar-refractivity contribution in [1.82, 2.24) is 5.43 Å². The van der Waals surface area contributed by atoms with Crippen LogP contribution in [0.5, 0.6) is 0 Å². The van der Waals surface area contributed by atoms with E-state index in [9.17, 15) is 0 Å². The maximum Gasteiger partial charge on any atom is 0.0410 e. The lowest BCUT2D eigenvalue weighted by Gasteiger charge is -2.12. The second kappa shape index (κ2) is 8.43. The SMILES string of the molecule is CC#CCC(CSCC(C)C)NN. The summed E-state index contributed by atoms with van der Waals surface area (Å²) in [5.41, 5.74) is 2.79. The van der Waals surface area contributed by atoms with Gasteiger partial charge in [-0.2, -0.15) is 11.8 Å². The Kier molecular flexibility index (Phi) is 8.32. The van der Waals surface area contributed by atoms with Crippen LogP contribution < -0.4 is 11.3 Å². The van der Waals surface area contributed by atoms with Crippen LogP contribution in [0.1, 0.15) is 27.2 Å². The standard InChI is InChI=1S/C10H20N2S/c1-4-5-6-10(12-11)8-13-7-9(2)3/h9-10,12H,6-8,11H2,1-3H3. The number of nitrogens with one attached hydrogen (secondary N) is 1. The van der Waals surface area contributed by atoms with Crippen molar-refractivity contribution in [2.45, 2.75) is 33.2 Å². The maximum absolute atomic E-state index is 5.40. The quantitative estimate of drug-likeness (QED) is 0.389. The van der Waals surface area contributed by atoms with Gasteiger partial charge >= 0.3 is 0 Å². The Hall–Kier alpha value is -0.170. The van der Waals surface area contributed by atoms with Crippen LogP contribution >= 0.6 is 11.8 Å². The fourth-order valence-corrected chi connectivity index (χ4v) is 1.94. The molecular weight excluding hydrogens is 180 g/mol. The molecule has 1 atom stereocenters. The topological polar surface area (TPSA) is 38.0 Å². The Bertz CT molecular complexity index is 169. The molecule has 0 amide bonds. The molecule has 0 radical (unpaired) electrons. The predicted molar refractivity (Wildman–Crippen MR) is 61.3 cm³/mol. The molecule has 0 saturated carbocycles. The Morgan fingerprint density at radius 1 is 1.38 bits per heavy atom. The van der Waals surface area contributed by atoms with Gasteiger partial charge in [0.2, 0.25) is 0 Å². The van der Waals surface area contributed by atoms with Crippen molar-refractivity contribution in [3.63, 3.8) is 0 Å². The Labute approximate surface area is 86.0 Å². The first-order chi connectivity index (χ1) is 6.20. The number of hydrogen-bond acceptors (Lipinski definition) is 3. The summed E-state index contributed by atoms with van der Waals surface area (Å²) in [5, 5.41) is 0. The molecule has 3 heteroatoms. The lowest BCUT2D eigenvalue weighted by Crippen LogP contribution is -2.36. The van der Waals surface area contributed by atoms with E-state index in [1.807, 2.05) is 18.7 Å². The van der Waals surface area contributed by atoms with E-state index in [1.165, 1.54) is 5.75 Å². The van der Waals surface area contributed by atoms with Gasteiger partial charge in [0.1, 0.15) is 0 Å². The van der Waals surface area contributed by atoms with E-state index in [0.29, 0.717) is 6.04 Å². The molecule has 0 aliphatic rings. The van der Waals surface area contributed by atoms with Crippen LogP contribution in [-0.4, -0.2) is 17.5 Å². The lowest BCUT2D eigenvalue weighted by molar-refractivity contribution is 0.590. The van der Waals surface area contributed by atoms with E-state index < -0.39 is 0 Å². The molecule has 0 aromatic carbocycles. The highest BCUT2D eigenvalue weighted by Crippen LogP contribution is 2.09. The van der Waals surface area contributed by atoms with Crippen LogP contribution in [0.25, 0.3) is 0 Å². The normalized spacial score (nSPS) is 12.4. The van der Waals surface area contributed by atoms with E-state index in [0.717, 1.165) is 18.1 Å². The van der Waals surface area contributed by atoms with Gasteiger partial charge in [-0.15, -0.1) is 11.8 Å². The van der Waals surface area contributed by atoms with Crippen LogP contribution in [0.3, 0.4) is 0 Å². The highest BCUT2D eigenvalue weighted by atomic mass is 32.2. The van der Waals surface area contributed by atoms with E-state index >= 15 is 0 Å². The molecule has 0 fully saturated rings. The first-order valence-corrected chi connectivity index (χ1v) is 5.79. The molecular formula is C10H20N2S. The average molecular weight is 200 g/mol. The molecule has 0 aliphatic carbocycles. The Morgan fingerprint density at radius 2 is 2.08 bits per heavy atom. The molecule has 0 aromatic rings. The van der Waals surface area contributed by atoms with E-state index in [2.05, 4.69) is 31.1 Å². The lowest BCUT2D eigenvalue weighted by atomic mass is 10.2. The average Bonchev–Trinajstić information content (AvgIpc) is 2.10. The molecule has 0 bridgehead atoms. The molecule has 3 N–H and O–H groups in total. The minimum atomic E-state index is 0.330. The number of rotatable bonds is 6. The molecule has 0 saturated heterocycles. The van der Waals surface area contributed by atoms with Gasteiger partial charge in [0.25, 0.3) is 0 Å². The van der Waals surface area contributed by atoms with Crippen LogP contribution in [0.2, 0.25) is 0 Å². The summed E-state index contributed by atoms with van der Waals surface area (Å²) in [6.07, 6.45) is 0.845. The summed E-state index contributed by atoms with van der Waals surface area (Å²) >= 11 is 1.93. The van der Waals surface area contributed by atoms with Crippen molar-refractivity contribution in [3.05, 3.63) is 0 Å². The zero-order valence-corrected chi connectivity index (χ0v) is 9.58. The zero-order valence-electron chi connectivity index (χ0n) is 8.76. The number of thioether (sulfide) groups is 1. The smallest absolute Gasteiger partial charge is 0.0410 e. The van der Waals surface area contributed by atoms with Gasteiger partial charge in [-0.1, -0.05) is 13.8 Å². The largest absolute Gasteiger partial charge is 0.271 e. The maximum atomic E-state index is 5.40. The monoisotopic (exact) mass is 200 g/mol. The summed E-state index contributed by atoms with van der Waals surface area (Å²) in [5.74, 6) is 14.3. The van der Waals surface area contributed by atoms with Crippen molar-refractivity contribution in [2.24, 2.45) is 11.8 Å². The van der Waals surface area contributed by atoms with Gasteiger partial charge in [-0.05, 0) is 18.6 Å². The van der Waals surface area contributed by atoms with Crippen molar-refractivity contribution >= 4 is 11.8 Å². The highest BCUT2D eigenvalue weighted by Gasteiger charge is 2.04.